The number of rotatable bonds is 2. The van der Waals surface area contributed by atoms with Crippen LogP contribution >= 0.6 is 0 Å². The molecule has 1 aromatic rings. The second-order valence-electron chi connectivity index (χ2n) is 5.86. The van der Waals surface area contributed by atoms with E-state index in [-0.39, 0.29) is 24.8 Å². The lowest BCUT2D eigenvalue weighted by atomic mass is 10.0. The van der Waals surface area contributed by atoms with Crippen LogP contribution in [0.5, 0.6) is 5.75 Å². The van der Waals surface area contributed by atoms with E-state index in [0.717, 1.165) is 16.9 Å². The van der Waals surface area contributed by atoms with Gasteiger partial charge in [-0.1, -0.05) is 12.1 Å². The Labute approximate surface area is 130 Å². The zero-order valence-corrected chi connectivity index (χ0v) is 13.0. The van der Waals surface area contributed by atoms with Gasteiger partial charge in [0.2, 0.25) is 0 Å². The number of carbonyl (C=O) groups is 1. The van der Waals surface area contributed by atoms with Gasteiger partial charge in [0.25, 0.3) is 0 Å². The maximum absolute atomic E-state index is 12.4. The van der Waals surface area contributed by atoms with Crippen molar-refractivity contribution in [2.45, 2.75) is 26.0 Å². The molecular weight excluding hydrogens is 284 g/mol. The maximum Gasteiger partial charge on any atom is 0.318 e. The predicted molar refractivity (Wildman–Crippen MR) is 81.1 cm³/mol. The number of urea groups is 1. The van der Waals surface area contributed by atoms with Crippen molar-refractivity contribution in [2.75, 3.05) is 32.9 Å². The molecule has 2 N–H and O–H groups in total. The minimum absolute atomic E-state index is 0.0718. The Morgan fingerprint density at radius 2 is 2.27 bits per heavy atom. The van der Waals surface area contributed by atoms with Crippen molar-refractivity contribution in [1.29, 1.82) is 0 Å². The highest BCUT2D eigenvalue weighted by atomic mass is 16.5. The van der Waals surface area contributed by atoms with Gasteiger partial charge in [-0.15, -0.1) is 0 Å². The number of carbonyl (C=O) groups excluding carboxylic acids is 1. The van der Waals surface area contributed by atoms with Crippen LogP contribution in [0.3, 0.4) is 0 Å². The lowest BCUT2D eigenvalue weighted by Crippen LogP contribution is -2.51. The van der Waals surface area contributed by atoms with Gasteiger partial charge in [-0.3, -0.25) is 0 Å². The molecule has 6 nitrogen and oxygen atoms in total. The number of nitrogens with zero attached hydrogens (tertiary/aromatic N) is 1. The molecule has 0 unspecified atom stereocenters. The second-order valence-corrected chi connectivity index (χ2v) is 5.86. The van der Waals surface area contributed by atoms with E-state index < -0.39 is 0 Å². The van der Waals surface area contributed by atoms with E-state index in [1.165, 1.54) is 5.56 Å². The monoisotopic (exact) mass is 306 g/mol. The lowest BCUT2D eigenvalue weighted by molar-refractivity contribution is -0.0405. The van der Waals surface area contributed by atoms with Crippen molar-refractivity contribution in [1.82, 2.24) is 10.2 Å². The molecule has 0 radical (unpaired) electrons. The van der Waals surface area contributed by atoms with Crippen LogP contribution in [0.2, 0.25) is 0 Å². The zero-order valence-electron chi connectivity index (χ0n) is 13.0. The van der Waals surface area contributed by atoms with E-state index in [2.05, 4.69) is 11.4 Å². The summed E-state index contributed by atoms with van der Waals surface area (Å²) in [4.78, 5) is 14.1. The lowest BCUT2D eigenvalue weighted by Gasteiger charge is -2.32. The van der Waals surface area contributed by atoms with Crippen LogP contribution in [0.1, 0.15) is 22.7 Å². The fraction of sp³-hybridized carbons (Fsp3) is 0.562. The summed E-state index contributed by atoms with van der Waals surface area (Å²) in [6, 6.07) is 3.81. The molecule has 1 aromatic carbocycles. The zero-order chi connectivity index (χ0) is 15.7. The van der Waals surface area contributed by atoms with Crippen molar-refractivity contribution >= 4 is 6.03 Å². The number of fused-ring (bicyclic) bond motifs is 1. The van der Waals surface area contributed by atoms with Crippen LogP contribution in [-0.4, -0.2) is 55.1 Å². The number of nitrogens with one attached hydrogen (secondary N) is 1. The molecule has 2 heterocycles. The van der Waals surface area contributed by atoms with Gasteiger partial charge in [0.15, 0.2) is 0 Å². The van der Waals surface area contributed by atoms with Gasteiger partial charge in [0.05, 0.1) is 31.9 Å². The van der Waals surface area contributed by atoms with Gasteiger partial charge in [-0.25, -0.2) is 4.79 Å². The minimum Gasteiger partial charge on any atom is -0.490 e. The number of benzene rings is 1. The molecule has 2 aliphatic rings. The summed E-state index contributed by atoms with van der Waals surface area (Å²) >= 11 is 0. The molecule has 0 aromatic heterocycles. The Hall–Kier alpha value is -1.79. The topological polar surface area (TPSA) is 71.0 Å². The SMILES string of the molecule is Cc1ccc2c(c1C)OC[C@@H]2NC(=O)N1CCO[C@@H](CO)C1. The first kappa shape index (κ1) is 15.1. The fourth-order valence-corrected chi connectivity index (χ4v) is 2.91. The smallest absolute Gasteiger partial charge is 0.318 e. The molecule has 2 atom stereocenters. The molecule has 1 fully saturated rings. The van der Waals surface area contributed by atoms with E-state index in [1.807, 2.05) is 19.9 Å². The van der Waals surface area contributed by atoms with E-state index in [4.69, 9.17) is 14.6 Å². The van der Waals surface area contributed by atoms with Crippen LogP contribution in [0.15, 0.2) is 12.1 Å². The number of amides is 2. The average molecular weight is 306 g/mol. The van der Waals surface area contributed by atoms with E-state index in [1.54, 1.807) is 4.90 Å². The molecule has 0 spiro atoms. The largest absolute Gasteiger partial charge is 0.490 e. The Kier molecular flexibility index (Phi) is 4.22. The molecule has 0 aliphatic carbocycles. The third kappa shape index (κ3) is 2.76. The summed E-state index contributed by atoms with van der Waals surface area (Å²) in [7, 11) is 0. The highest BCUT2D eigenvalue weighted by Gasteiger charge is 2.30. The third-order valence-corrected chi connectivity index (χ3v) is 4.40. The number of hydrogen-bond acceptors (Lipinski definition) is 4. The minimum atomic E-state index is -0.295. The first-order valence-corrected chi connectivity index (χ1v) is 7.61. The molecule has 2 amide bonds. The summed E-state index contributed by atoms with van der Waals surface area (Å²) in [6.45, 7) is 5.87. The standard InChI is InChI=1S/C16H22N2O4/c1-10-3-4-13-14(9-22-15(13)11(10)2)17-16(20)18-5-6-21-12(7-18)8-19/h3-4,12,14,19H,5-9H2,1-2H3,(H,17,20)/t12-,14+/m1/s1. The molecule has 3 rings (SSSR count). The highest BCUT2D eigenvalue weighted by molar-refractivity contribution is 5.75. The van der Waals surface area contributed by atoms with Crippen LogP contribution in [0, 0.1) is 13.8 Å². The summed E-state index contributed by atoms with van der Waals surface area (Å²) in [5.74, 6) is 0.889. The molecule has 22 heavy (non-hydrogen) atoms. The summed E-state index contributed by atoms with van der Waals surface area (Å²) < 4.78 is 11.1. The second kappa shape index (κ2) is 6.14. The first-order valence-electron chi connectivity index (χ1n) is 7.61. The number of aliphatic hydroxyl groups excluding tert-OH is 1. The highest BCUT2D eigenvalue weighted by Crippen LogP contribution is 2.36. The van der Waals surface area contributed by atoms with Crippen molar-refractivity contribution in [3.63, 3.8) is 0 Å². The Balaban J connectivity index is 1.68. The number of hydrogen-bond donors (Lipinski definition) is 2. The summed E-state index contributed by atoms with van der Waals surface area (Å²) in [5.41, 5.74) is 3.34. The number of aryl methyl sites for hydroxylation is 1. The van der Waals surface area contributed by atoms with Crippen LogP contribution in [0.4, 0.5) is 4.79 Å². The maximum atomic E-state index is 12.4. The summed E-state index contributed by atoms with van der Waals surface area (Å²) in [5, 5.41) is 12.2. The third-order valence-electron chi connectivity index (χ3n) is 4.40. The number of ether oxygens (including phenoxy) is 2. The number of aliphatic hydroxyl groups is 1. The van der Waals surface area contributed by atoms with Crippen molar-refractivity contribution in [3.8, 4) is 5.75 Å². The molecule has 2 aliphatic heterocycles. The first-order chi connectivity index (χ1) is 10.6. The van der Waals surface area contributed by atoms with Crippen LogP contribution < -0.4 is 10.1 Å². The quantitative estimate of drug-likeness (QED) is 0.859. The van der Waals surface area contributed by atoms with E-state index in [0.29, 0.717) is 26.3 Å². The Bertz CT molecular complexity index is 576. The van der Waals surface area contributed by atoms with Crippen LogP contribution in [-0.2, 0) is 4.74 Å². The van der Waals surface area contributed by atoms with Crippen molar-refractivity contribution < 1.29 is 19.4 Å². The van der Waals surface area contributed by atoms with E-state index in [9.17, 15) is 4.79 Å². The van der Waals surface area contributed by atoms with Gasteiger partial charge in [-0.2, -0.15) is 0 Å². The molecule has 120 valence electrons. The van der Waals surface area contributed by atoms with Crippen molar-refractivity contribution in [2.24, 2.45) is 0 Å². The van der Waals surface area contributed by atoms with Gasteiger partial charge < -0.3 is 24.8 Å². The van der Waals surface area contributed by atoms with Gasteiger partial charge in [-0.05, 0) is 25.0 Å². The molecule has 1 saturated heterocycles. The van der Waals surface area contributed by atoms with Crippen molar-refractivity contribution in [3.05, 3.63) is 28.8 Å². The van der Waals surface area contributed by atoms with Gasteiger partial charge in [0, 0.05) is 12.1 Å². The fourth-order valence-electron chi connectivity index (χ4n) is 2.91. The van der Waals surface area contributed by atoms with Gasteiger partial charge >= 0.3 is 6.03 Å². The molecule has 0 bridgehead atoms. The normalized spacial score (nSPS) is 23.9. The predicted octanol–water partition coefficient (Wildman–Crippen LogP) is 1.14. The summed E-state index contributed by atoms with van der Waals surface area (Å²) in [6.07, 6.45) is -0.295. The van der Waals surface area contributed by atoms with Crippen LogP contribution in [0.25, 0.3) is 0 Å². The molecule has 6 heteroatoms. The van der Waals surface area contributed by atoms with E-state index >= 15 is 0 Å². The number of morpholine rings is 1. The molecular formula is C16H22N2O4. The molecule has 0 saturated carbocycles. The Morgan fingerprint density at radius 1 is 1.45 bits per heavy atom. The Morgan fingerprint density at radius 3 is 3.05 bits per heavy atom. The average Bonchev–Trinajstić information content (AvgIpc) is 2.94. The van der Waals surface area contributed by atoms with Gasteiger partial charge in [0.1, 0.15) is 12.4 Å².